The van der Waals surface area contributed by atoms with Crippen LogP contribution in [0.1, 0.15) is 42.5 Å². The first-order valence-corrected chi connectivity index (χ1v) is 11.8. The van der Waals surface area contributed by atoms with Gasteiger partial charge in [-0.3, -0.25) is 9.59 Å². The van der Waals surface area contributed by atoms with E-state index in [2.05, 4.69) is 37.4 Å². The van der Waals surface area contributed by atoms with Gasteiger partial charge in [0.15, 0.2) is 0 Å². The van der Waals surface area contributed by atoms with E-state index in [1.165, 1.54) is 16.7 Å². The van der Waals surface area contributed by atoms with Gasteiger partial charge in [-0.2, -0.15) is 0 Å². The number of rotatable bonds is 10. The van der Waals surface area contributed by atoms with Crippen molar-refractivity contribution < 1.29 is 9.59 Å². The van der Waals surface area contributed by atoms with Crippen molar-refractivity contribution in [3.63, 3.8) is 0 Å². The van der Waals surface area contributed by atoms with Crippen LogP contribution in [-0.2, 0) is 21.9 Å². The first-order chi connectivity index (χ1) is 14.3. The highest BCUT2D eigenvalue weighted by Crippen LogP contribution is 2.19. The first kappa shape index (κ1) is 24.3. The number of nitrogens with zero attached hydrogens (tertiary/aromatic N) is 1. The molecular formula is C24H31ClN2O2S. The Balaban J connectivity index is 2.06. The molecule has 0 heterocycles. The predicted molar refractivity (Wildman–Crippen MR) is 127 cm³/mol. The smallest absolute Gasteiger partial charge is 0.242 e. The summed E-state index contributed by atoms with van der Waals surface area (Å²) in [6.45, 7) is 8.93. The topological polar surface area (TPSA) is 49.4 Å². The van der Waals surface area contributed by atoms with Crippen LogP contribution >= 0.6 is 23.4 Å². The molecule has 0 unspecified atom stereocenters. The molecule has 0 aliphatic carbocycles. The van der Waals surface area contributed by atoms with Crippen molar-refractivity contribution in [1.29, 1.82) is 0 Å². The van der Waals surface area contributed by atoms with E-state index in [0.29, 0.717) is 23.9 Å². The van der Waals surface area contributed by atoms with Crippen LogP contribution in [0.25, 0.3) is 0 Å². The molecule has 2 rings (SSSR count). The van der Waals surface area contributed by atoms with Gasteiger partial charge in [0.05, 0.1) is 5.75 Å². The second kappa shape index (κ2) is 12.0. The number of benzene rings is 2. The van der Waals surface area contributed by atoms with E-state index in [4.69, 9.17) is 11.6 Å². The largest absolute Gasteiger partial charge is 0.354 e. The number of hydrogen-bond acceptors (Lipinski definition) is 3. The summed E-state index contributed by atoms with van der Waals surface area (Å²) in [4.78, 5) is 27.2. The van der Waals surface area contributed by atoms with Gasteiger partial charge in [0.2, 0.25) is 11.8 Å². The number of carbonyl (C=O) groups excluding carboxylic acids is 2. The molecular weight excluding hydrogens is 416 g/mol. The Morgan fingerprint density at radius 2 is 1.70 bits per heavy atom. The van der Waals surface area contributed by atoms with Crippen LogP contribution in [0, 0.1) is 13.8 Å². The van der Waals surface area contributed by atoms with Gasteiger partial charge in [-0.1, -0.05) is 60.0 Å². The molecule has 162 valence electrons. The third-order valence-corrected chi connectivity index (χ3v) is 6.00. The summed E-state index contributed by atoms with van der Waals surface area (Å²) in [7, 11) is 0. The summed E-state index contributed by atoms with van der Waals surface area (Å²) >= 11 is 7.56. The van der Waals surface area contributed by atoms with Crippen LogP contribution in [-0.4, -0.2) is 35.1 Å². The van der Waals surface area contributed by atoms with Crippen LogP contribution < -0.4 is 5.32 Å². The molecule has 0 radical (unpaired) electrons. The van der Waals surface area contributed by atoms with Crippen LogP contribution in [0.5, 0.6) is 0 Å². The van der Waals surface area contributed by atoms with Crippen LogP contribution in [0.3, 0.4) is 0 Å². The molecule has 0 aromatic heterocycles. The van der Waals surface area contributed by atoms with Gasteiger partial charge in [0.1, 0.15) is 6.04 Å². The quantitative estimate of drug-likeness (QED) is 0.550. The Morgan fingerprint density at radius 1 is 1.07 bits per heavy atom. The molecule has 0 saturated heterocycles. The van der Waals surface area contributed by atoms with E-state index in [9.17, 15) is 9.59 Å². The van der Waals surface area contributed by atoms with Gasteiger partial charge in [0, 0.05) is 23.9 Å². The van der Waals surface area contributed by atoms with E-state index in [0.717, 1.165) is 17.7 Å². The third kappa shape index (κ3) is 7.69. The Bertz CT molecular complexity index is 835. The monoisotopic (exact) mass is 446 g/mol. The maximum atomic E-state index is 13.1. The Hall–Kier alpha value is -1.98. The van der Waals surface area contributed by atoms with Crippen LogP contribution in [0.2, 0.25) is 5.02 Å². The molecule has 2 aromatic carbocycles. The highest BCUT2D eigenvalue weighted by molar-refractivity contribution is 7.99. The molecule has 0 fully saturated rings. The summed E-state index contributed by atoms with van der Waals surface area (Å²) in [5, 5.41) is 3.54. The van der Waals surface area contributed by atoms with E-state index in [-0.39, 0.29) is 11.8 Å². The molecule has 0 aliphatic rings. The van der Waals surface area contributed by atoms with Crippen molar-refractivity contribution in [3.05, 3.63) is 69.7 Å². The van der Waals surface area contributed by atoms with Gasteiger partial charge in [0.25, 0.3) is 0 Å². The van der Waals surface area contributed by atoms with Gasteiger partial charge < -0.3 is 10.2 Å². The van der Waals surface area contributed by atoms with Crippen molar-refractivity contribution in [2.24, 2.45) is 0 Å². The van der Waals surface area contributed by atoms with E-state index in [1.807, 2.05) is 19.1 Å². The van der Waals surface area contributed by atoms with E-state index < -0.39 is 6.04 Å². The molecule has 0 aliphatic heterocycles. The second-order valence-corrected chi connectivity index (χ2v) is 9.03. The molecule has 1 N–H and O–H groups in total. The fraction of sp³-hybridized carbons (Fsp3) is 0.417. The Labute approximate surface area is 189 Å². The summed E-state index contributed by atoms with van der Waals surface area (Å²) in [6, 6.07) is 13.3. The average Bonchev–Trinajstić information content (AvgIpc) is 2.70. The lowest BCUT2D eigenvalue weighted by Crippen LogP contribution is -2.48. The molecule has 2 aromatic rings. The molecule has 6 heteroatoms. The van der Waals surface area contributed by atoms with Gasteiger partial charge in [-0.25, -0.2) is 0 Å². The molecule has 30 heavy (non-hydrogen) atoms. The van der Waals surface area contributed by atoms with Gasteiger partial charge in [-0.15, -0.1) is 11.8 Å². The second-order valence-electron chi connectivity index (χ2n) is 7.60. The van der Waals surface area contributed by atoms with Crippen molar-refractivity contribution in [3.8, 4) is 0 Å². The van der Waals surface area contributed by atoms with Crippen molar-refractivity contribution in [2.75, 3.05) is 12.3 Å². The fourth-order valence-corrected chi connectivity index (χ4v) is 4.23. The molecule has 0 spiro atoms. The zero-order chi connectivity index (χ0) is 22.1. The zero-order valence-corrected chi connectivity index (χ0v) is 19.8. The van der Waals surface area contributed by atoms with E-state index in [1.54, 1.807) is 35.7 Å². The third-order valence-electron chi connectivity index (χ3n) is 4.76. The maximum Gasteiger partial charge on any atom is 0.242 e. The van der Waals surface area contributed by atoms with Crippen molar-refractivity contribution in [2.45, 2.75) is 52.5 Å². The fourth-order valence-electron chi connectivity index (χ4n) is 3.26. The number of thioether (sulfide) groups is 1. The lowest BCUT2D eigenvalue weighted by atomic mass is 10.1. The lowest BCUT2D eigenvalue weighted by molar-refractivity contribution is -0.138. The number of nitrogens with one attached hydrogen (secondary N) is 1. The Kier molecular flexibility index (Phi) is 9.73. The minimum absolute atomic E-state index is 0.0431. The lowest BCUT2D eigenvalue weighted by Gasteiger charge is -2.28. The average molecular weight is 447 g/mol. The van der Waals surface area contributed by atoms with Crippen LogP contribution in [0.4, 0.5) is 0 Å². The molecule has 0 bridgehead atoms. The van der Waals surface area contributed by atoms with Gasteiger partial charge >= 0.3 is 0 Å². The molecule has 2 amide bonds. The highest BCUT2D eigenvalue weighted by Gasteiger charge is 2.25. The summed E-state index contributed by atoms with van der Waals surface area (Å²) in [5.41, 5.74) is 4.61. The summed E-state index contributed by atoms with van der Waals surface area (Å²) in [6.07, 6.45) is 0.856. The van der Waals surface area contributed by atoms with Gasteiger partial charge in [-0.05, 0) is 50.5 Å². The molecule has 4 nitrogen and oxygen atoms in total. The zero-order valence-electron chi connectivity index (χ0n) is 18.2. The number of amides is 2. The van der Waals surface area contributed by atoms with Crippen LogP contribution in [0.15, 0.2) is 42.5 Å². The molecule has 0 saturated carbocycles. The number of hydrogen-bond donors (Lipinski definition) is 1. The number of aryl methyl sites for hydroxylation is 2. The SMILES string of the molecule is CCCNC(=O)[C@@H](C)N(Cc1ccc(Cl)cc1)C(=O)CSCc1cc(C)cc(C)c1. The normalized spacial score (nSPS) is 11.8. The Morgan fingerprint density at radius 3 is 2.30 bits per heavy atom. The van der Waals surface area contributed by atoms with Crippen molar-refractivity contribution >= 4 is 35.2 Å². The number of halogens is 1. The van der Waals surface area contributed by atoms with Crippen molar-refractivity contribution in [1.82, 2.24) is 10.2 Å². The molecule has 1 atom stereocenters. The minimum Gasteiger partial charge on any atom is -0.354 e. The standard InChI is InChI=1S/C24H31ClN2O2S/c1-5-10-26-24(29)19(4)27(14-20-6-8-22(25)9-7-20)23(28)16-30-15-21-12-17(2)11-18(3)13-21/h6-9,11-13,19H,5,10,14-16H2,1-4H3,(H,26,29)/t19-/m1/s1. The summed E-state index contributed by atoms with van der Waals surface area (Å²) in [5.74, 6) is 0.919. The minimum atomic E-state index is -0.540. The van der Waals surface area contributed by atoms with E-state index >= 15 is 0 Å². The highest BCUT2D eigenvalue weighted by atomic mass is 35.5. The summed E-state index contributed by atoms with van der Waals surface area (Å²) < 4.78 is 0. The maximum absolute atomic E-state index is 13.1. The first-order valence-electron chi connectivity index (χ1n) is 10.3. The number of carbonyl (C=O) groups is 2. The predicted octanol–water partition coefficient (Wildman–Crippen LogP) is 5.13.